The van der Waals surface area contributed by atoms with Crippen molar-refractivity contribution in [2.24, 2.45) is 11.3 Å². The predicted octanol–water partition coefficient (Wildman–Crippen LogP) is 5.43. The van der Waals surface area contributed by atoms with Crippen LogP contribution in [0.15, 0.2) is 6.07 Å². The van der Waals surface area contributed by atoms with Crippen molar-refractivity contribution in [2.45, 2.75) is 61.8 Å². The van der Waals surface area contributed by atoms with E-state index in [2.05, 4.69) is 61.5 Å². The summed E-state index contributed by atoms with van der Waals surface area (Å²) in [5.41, 5.74) is 6.46. The Morgan fingerprint density at radius 1 is 1.09 bits per heavy atom. The predicted molar refractivity (Wildman–Crippen MR) is 102 cm³/mol. The molecule has 2 unspecified atom stereocenters. The van der Waals surface area contributed by atoms with Crippen molar-refractivity contribution >= 4 is 33.0 Å². The van der Waals surface area contributed by atoms with Crippen LogP contribution in [-0.2, 0) is 0 Å². The molecule has 1 nitrogen and oxygen atoms in total. The SMILES string of the molecule is Cc1cc(C)c(C)c(C(=O)PCC(C)CC(C)(C)C)c1C.[Li]. The zero-order valence-corrected chi connectivity index (χ0v) is 17.0. The van der Waals surface area contributed by atoms with Gasteiger partial charge in [-0.3, -0.25) is 4.79 Å². The van der Waals surface area contributed by atoms with E-state index >= 15 is 0 Å². The first-order valence-electron chi connectivity index (χ1n) is 7.88. The first kappa shape index (κ1) is 21.9. The Morgan fingerprint density at radius 2 is 1.55 bits per heavy atom. The average Bonchev–Trinajstić information content (AvgIpc) is 2.32. The molecule has 0 aromatic heterocycles. The summed E-state index contributed by atoms with van der Waals surface area (Å²) in [5.74, 6) is 0.610. The van der Waals surface area contributed by atoms with E-state index in [-0.39, 0.29) is 18.9 Å². The maximum Gasteiger partial charge on any atom is 0.181 e. The molecule has 22 heavy (non-hydrogen) atoms. The molecule has 0 aliphatic heterocycles. The van der Waals surface area contributed by atoms with E-state index in [1.54, 1.807) is 0 Å². The van der Waals surface area contributed by atoms with E-state index in [1.165, 1.54) is 28.7 Å². The molecule has 1 radical (unpaired) electrons. The normalized spacial score (nSPS) is 13.3. The molecule has 0 fully saturated rings. The van der Waals surface area contributed by atoms with Gasteiger partial charge in [-0.15, -0.1) is 0 Å². The third-order valence-electron chi connectivity index (χ3n) is 4.17. The molecular formula is C19H31LiOP. The van der Waals surface area contributed by atoms with Crippen molar-refractivity contribution in [2.75, 3.05) is 6.16 Å². The van der Waals surface area contributed by atoms with Gasteiger partial charge in [-0.1, -0.05) is 33.8 Å². The van der Waals surface area contributed by atoms with Gasteiger partial charge in [0, 0.05) is 24.4 Å². The van der Waals surface area contributed by atoms with Crippen molar-refractivity contribution in [3.8, 4) is 0 Å². The van der Waals surface area contributed by atoms with Crippen molar-refractivity contribution in [3.05, 3.63) is 33.9 Å². The van der Waals surface area contributed by atoms with Crippen LogP contribution in [0.3, 0.4) is 0 Å². The van der Waals surface area contributed by atoms with E-state index < -0.39 is 0 Å². The van der Waals surface area contributed by atoms with Gasteiger partial charge in [0.15, 0.2) is 5.52 Å². The molecule has 0 saturated carbocycles. The van der Waals surface area contributed by atoms with Crippen LogP contribution in [0.25, 0.3) is 0 Å². The molecule has 119 valence electrons. The summed E-state index contributed by atoms with van der Waals surface area (Å²) < 4.78 is 0. The van der Waals surface area contributed by atoms with E-state index in [4.69, 9.17) is 0 Å². The maximum atomic E-state index is 12.7. The fourth-order valence-corrected chi connectivity index (χ4v) is 4.26. The smallest absolute Gasteiger partial charge is 0.181 e. The van der Waals surface area contributed by atoms with Crippen molar-refractivity contribution in [1.82, 2.24) is 0 Å². The van der Waals surface area contributed by atoms with Gasteiger partial charge in [-0.2, -0.15) is 0 Å². The molecule has 0 saturated heterocycles. The minimum Gasteiger partial charge on any atom is -0.289 e. The Kier molecular flexibility index (Phi) is 8.65. The number of carbonyl (C=O) groups is 1. The zero-order valence-electron chi connectivity index (χ0n) is 16.0. The van der Waals surface area contributed by atoms with Gasteiger partial charge in [0.25, 0.3) is 0 Å². The fraction of sp³-hybridized carbons (Fsp3) is 0.632. The van der Waals surface area contributed by atoms with Gasteiger partial charge >= 0.3 is 0 Å². The Balaban J connectivity index is 0.00000441. The molecule has 1 aromatic rings. The molecule has 0 heterocycles. The molecule has 3 heteroatoms. The Hall–Kier alpha value is -0.0826. The van der Waals surface area contributed by atoms with E-state index in [1.807, 2.05) is 0 Å². The van der Waals surface area contributed by atoms with Crippen LogP contribution < -0.4 is 0 Å². The molecule has 1 aromatic carbocycles. The first-order valence-corrected chi connectivity index (χ1v) is 9.09. The second-order valence-electron chi connectivity index (χ2n) is 7.72. The molecular weight excluding hydrogens is 282 g/mol. The van der Waals surface area contributed by atoms with E-state index in [0.29, 0.717) is 25.4 Å². The molecule has 0 amide bonds. The summed E-state index contributed by atoms with van der Waals surface area (Å²) in [6.45, 7) is 17.4. The topological polar surface area (TPSA) is 17.1 Å². The zero-order chi connectivity index (χ0) is 16.4. The number of rotatable bonds is 5. The summed E-state index contributed by atoms with van der Waals surface area (Å²) in [5, 5.41) is 0. The number of benzene rings is 1. The van der Waals surface area contributed by atoms with Gasteiger partial charge in [0.1, 0.15) is 0 Å². The van der Waals surface area contributed by atoms with Crippen LogP contribution in [0.5, 0.6) is 0 Å². The number of hydrogen-bond donors (Lipinski definition) is 0. The second-order valence-corrected chi connectivity index (χ2v) is 8.93. The Morgan fingerprint density at radius 3 is 1.95 bits per heavy atom. The monoisotopic (exact) mass is 313 g/mol. The largest absolute Gasteiger partial charge is 0.289 e. The minimum absolute atomic E-state index is 0. The van der Waals surface area contributed by atoms with E-state index in [0.717, 1.165) is 11.7 Å². The minimum atomic E-state index is 0. The van der Waals surface area contributed by atoms with Crippen LogP contribution in [0, 0.1) is 39.0 Å². The molecule has 0 N–H and O–H groups in total. The van der Waals surface area contributed by atoms with Crippen LogP contribution in [0.4, 0.5) is 0 Å². The van der Waals surface area contributed by atoms with E-state index in [9.17, 15) is 4.79 Å². The van der Waals surface area contributed by atoms with Gasteiger partial charge in [0.05, 0.1) is 0 Å². The van der Waals surface area contributed by atoms with Crippen LogP contribution in [-0.4, -0.2) is 30.5 Å². The summed E-state index contributed by atoms with van der Waals surface area (Å²) >= 11 is 0. The van der Waals surface area contributed by atoms with Gasteiger partial charge in [-0.25, -0.2) is 0 Å². The standard InChI is InChI=1S/C19H31OP.Li/c1-12(10-19(6,7)8)11-21-18(20)17-15(4)13(2)9-14(3)16(17)5;/h9,12,21H,10-11H2,1-8H3;. The molecule has 1 rings (SSSR count). The summed E-state index contributed by atoms with van der Waals surface area (Å²) in [4.78, 5) is 12.7. The maximum absolute atomic E-state index is 12.7. The van der Waals surface area contributed by atoms with Crippen molar-refractivity contribution in [3.63, 3.8) is 0 Å². The van der Waals surface area contributed by atoms with Crippen molar-refractivity contribution < 1.29 is 4.79 Å². The molecule has 0 aliphatic rings. The molecule has 2 atom stereocenters. The summed E-state index contributed by atoms with van der Waals surface area (Å²) in [6, 6.07) is 2.19. The van der Waals surface area contributed by atoms with Gasteiger partial charge in [-0.05, 0) is 82.4 Å². The van der Waals surface area contributed by atoms with Gasteiger partial charge < -0.3 is 0 Å². The molecule has 0 aliphatic carbocycles. The third kappa shape index (κ3) is 6.20. The average molecular weight is 313 g/mol. The number of carbonyl (C=O) groups excluding carboxylic acids is 1. The number of hydrogen-bond acceptors (Lipinski definition) is 1. The van der Waals surface area contributed by atoms with Crippen molar-refractivity contribution in [1.29, 1.82) is 0 Å². The number of aryl methyl sites for hydroxylation is 2. The fourth-order valence-electron chi connectivity index (χ4n) is 3.03. The van der Waals surface area contributed by atoms with Crippen LogP contribution in [0.2, 0.25) is 0 Å². The Bertz CT molecular complexity index is 503. The summed E-state index contributed by atoms with van der Waals surface area (Å²) in [7, 11) is 0.396. The molecule has 0 spiro atoms. The Labute approximate surface area is 151 Å². The summed E-state index contributed by atoms with van der Waals surface area (Å²) in [6.07, 6.45) is 2.19. The van der Waals surface area contributed by atoms with Crippen LogP contribution in [0.1, 0.15) is 66.7 Å². The first-order chi connectivity index (χ1) is 9.53. The quantitative estimate of drug-likeness (QED) is 0.523. The second kappa shape index (κ2) is 8.68. The third-order valence-corrected chi connectivity index (χ3v) is 5.64. The van der Waals surface area contributed by atoms with Crippen LogP contribution >= 0.6 is 8.58 Å². The molecule has 0 bridgehead atoms. The van der Waals surface area contributed by atoms with Gasteiger partial charge in [0.2, 0.25) is 0 Å².